The van der Waals surface area contributed by atoms with E-state index in [0.29, 0.717) is 12.1 Å². The molecule has 3 rings (SSSR count). The van der Waals surface area contributed by atoms with Crippen LogP contribution in [0.4, 0.5) is 0 Å². The highest BCUT2D eigenvalue weighted by molar-refractivity contribution is 9.10. The molecule has 0 radical (unpaired) electrons. The number of amides is 1. The van der Waals surface area contributed by atoms with Gasteiger partial charge in [-0.3, -0.25) is 14.6 Å². The number of halogens is 1. The second-order valence-corrected chi connectivity index (χ2v) is 7.88. The Labute approximate surface area is 179 Å². The average Bonchev–Trinajstić information content (AvgIpc) is 3.00. The van der Waals surface area contributed by atoms with Crippen LogP contribution in [0.2, 0.25) is 0 Å². The van der Waals surface area contributed by atoms with Gasteiger partial charge in [-0.2, -0.15) is 0 Å². The number of likely N-dealkylation sites (N-methyl/N-ethyl adjacent to an activating group) is 1. The highest BCUT2D eigenvalue weighted by Crippen LogP contribution is 2.38. The third kappa shape index (κ3) is 4.41. The topological polar surface area (TPSA) is 77.8 Å². The first-order valence-corrected chi connectivity index (χ1v) is 10.5. The van der Waals surface area contributed by atoms with Gasteiger partial charge in [0.1, 0.15) is 0 Å². The molecule has 7 heteroatoms. The van der Waals surface area contributed by atoms with E-state index in [0.717, 1.165) is 29.7 Å². The number of aromatic nitrogens is 1. The zero-order valence-electron chi connectivity index (χ0n) is 16.5. The molecule has 0 bridgehead atoms. The Kier molecular flexibility index (Phi) is 6.82. The number of quaternary nitrogens is 1. The molecule has 152 valence electrons. The molecule has 2 heterocycles. The molecule has 1 aliphatic rings. The Morgan fingerprint density at radius 3 is 2.31 bits per heavy atom. The van der Waals surface area contributed by atoms with Gasteiger partial charge in [0, 0.05) is 22.4 Å². The van der Waals surface area contributed by atoms with Gasteiger partial charge >= 0.3 is 0 Å². The van der Waals surface area contributed by atoms with Crippen molar-refractivity contribution in [1.82, 2.24) is 9.88 Å². The van der Waals surface area contributed by atoms with Gasteiger partial charge in [-0.05, 0) is 49.2 Å². The Bertz CT molecular complexity index is 909. The molecule has 1 amide bonds. The summed E-state index contributed by atoms with van der Waals surface area (Å²) >= 11 is 3.41. The summed E-state index contributed by atoms with van der Waals surface area (Å²) in [5.74, 6) is -1.74. The van der Waals surface area contributed by atoms with Gasteiger partial charge in [-0.15, -0.1) is 0 Å². The molecule has 1 unspecified atom stereocenters. The van der Waals surface area contributed by atoms with E-state index in [4.69, 9.17) is 0 Å². The van der Waals surface area contributed by atoms with Crippen LogP contribution in [0.25, 0.3) is 5.76 Å². The van der Waals surface area contributed by atoms with E-state index in [-0.39, 0.29) is 5.57 Å². The molecule has 1 saturated heterocycles. The molecule has 1 aromatic carbocycles. The summed E-state index contributed by atoms with van der Waals surface area (Å²) in [7, 11) is 0. The van der Waals surface area contributed by atoms with Gasteiger partial charge in [-0.25, -0.2) is 0 Å². The van der Waals surface area contributed by atoms with E-state index in [1.165, 1.54) is 17.3 Å². The number of likely N-dealkylation sites (tertiary alicyclic amines) is 1. The van der Waals surface area contributed by atoms with E-state index in [1.54, 1.807) is 17.0 Å². The Balaban J connectivity index is 2.07. The molecule has 1 aliphatic heterocycles. The molecule has 2 aromatic rings. The third-order valence-electron chi connectivity index (χ3n) is 5.36. The first-order valence-electron chi connectivity index (χ1n) is 9.73. The number of carbonyl (C=O) groups is 2. The van der Waals surface area contributed by atoms with Crippen molar-refractivity contribution in [3.63, 3.8) is 0 Å². The lowest BCUT2D eigenvalue weighted by Gasteiger charge is -2.28. The predicted molar refractivity (Wildman–Crippen MR) is 112 cm³/mol. The van der Waals surface area contributed by atoms with Crippen LogP contribution in [-0.2, 0) is 9.59 Å². The lowest BCUT2D eigenvalue weighted by molar-refractivity contribution is -0.895. The van der Waals surface area contributed by atoms with E-state index < -0.39 is 23.5 Å². The Hall–Kier alpha value is -2.51. The number of rotatable bonds is 7. The summed E-state index contributed by atoms with van der Waals surface area (Å²) in [5.41, 5.74) is 1.12. The average molecular weight is 458 g/mol. The van der Waals surface area contributed by atoms with Crippen LogP contribution in [0.1, 0.15) is 31.0 Å². The van der Waals surface area contributed by atoms with Gasteiger partial charge in [0.2, 0.25) is 5.78 Å². The van der Waals surface area contributed by atoms with Crippen molar-refractivity contribution in [2.45, 2.75) is 19.9 Å². The monoisotopic (exact) mass is 457 g/mol. The number of nitrogens with one attached hydrogen (secondary N) is 1. The molecule has 1 aromatic heterocycles. The van der Waals surface area contributed by atoms with E-state index in [1.807, 2.05) is 24.3 Å². The number of hydrogen-bond donors (Lipinski definition) is 1. The fraction of sp³-hybridized carbons (Fsp3) is 0.318. The van der Waals surface area contributed by atoms with Crippen LogP contribution in [0.15, 0.2) is 58.8 Å². The number of benzene rings is 1. The van der Waals surface area contributed by atoms with E-state index >= 15 is 0 Å². The van der Waals surface area contributed by atoms with Crippen LogP contribution in [0.3, 0.4) is 0 Å². The SMILES string of the molecule is CC[NH+](CC)CCN1C(=O)C(=O)C(=C([O-])c2ccncc2)C1c1ccc(Br)cc1. The van der Waals surface area contributed by atoms with Gasteiger partial charge in [0.05, 0.1) is 32.2 Å². The van der Waals surface area contributed by atoms with Crippen LogP contribution in [0, 0.1) is 0 Å². The number of Topliss-reactive ketones (excluding diaryl/α,β-unsaturated/α-hetero) is 1. The van der Waals surface area contributed by atoms with Crippen molar-refractivity contribution < 1.29 is 19.6 Å². The second kappa shape index (κ2) is 9.33. The van der Waals surface area contributed by atoms with Gasteiger partial charge < -0.3 is 14.9 Å². The number of ketones is 1. The number of pyridine rings is 1. The molecular formula is C22H24BrN3O3. The van der Waals surface area contributed by atoms with Gasteiger partial charge in [0.15, 0.2) is 0 Å². The second-order valence-electron chi connectivity index (χ2n) is 6.97. The van der Waals surface area contributed by atoms with Crippen molar-refractivity contribution >= 4 is 33.4 Å². The molecule has 1 N–H and O–H groups in total. The molecule has 6 nitrogen and oxygen atoms in total. The van der Waals surface area contributed by atoms with Crippen molar-refractivity contribution in [3.8, 4) is 0 Å². The molecule has 0 aliphatic carbocycles. The molecule has 0 spiro atoms. The largest absolute Gasteiger partial charge is 0.872 e. The minimum Gasteiger partial charge on any atom is -0.872 e. The fourth-order valence-electron chi connectivity index (χ4n) is 3.63. The third-order valence-corrected chi connectivity index (χ3v) is 5.89. The van der Waals surface area contributed by atoms with Gasteiger partial charge in [0.25, 0.3) is 5.91 Å². The predicted octanol–water partition coefficient (Wildman–Crippen LogP) is 0.993. The lowest BCUT2D eigenvalue weighted by Crippen LogP contribution is -3.12. The van der Waals surface area contributed by atoms with Crippen molar-refractivity contribution in [2.24, 2.45) is 0 Å². The van der Waals surface area contributed by atoms with Crippen LogP contribution < -0.4 is 10.0 Å². The van der Waals surface area contributed by atoms with Gasteiger partial charge in [-0.1, -0.05) is 33.8 Å². The lowest BCUT2D eigenvalue weighted by atomic mass is 9.95. The van der Waals surface area contributed by atoms with Crippen molar-refractivity contribution in [1.29, 1.82) is 0 Å². The van der Waals surface area contributed by atoms with E-state index in [2.05, 4.69) is 34.8 Å². The first-order chi connectivity index (χ1) is 14.0. The Morgan fingerprint density at radius 1 is 1.10 bits per heavy atom. The summed E-state index contributed by atoms with van der Waals surface area (Å²) in [6.07, 6.45) is 3.01. The molecular weight excluding hydrogens is 434 g/mol. The first kappa shape index (κ1) is 21.2. The summed E-state index contributed by atoms with van der Waals surface area (Å²) in [5, 5.41) is 13.2. The molecule has 0 saturated carbocycles. The fourth-order valence-corrected chi connectivity index (χ4v) is 3.90. The van der Waals surface area contributed by atoms with Crippen LogP contribution in [0.5, 0.6) is 0 Å². The zero-order chi connectivity index (χ0) is 21.0. The summed E-state index contributed by atoms with van der Waals surface area (Å²) in [4.78, 5) is 32.5. The number of hydrogen-bond acceptors (Lipinski definition) is 4. The van der Waals surface area contributed by atoms with Crippen LogP contribution in [-0.4, -0.2) is 47.8 Å². The van der Waals surface area contributed by atoms with Crippen molar-refractivity contribution in [2.75, 3.05) is 26.2 Å². The smallest absolute Gasteiger partial charge is 0.295 e. The van der Waals surface area contributed by atoms with E-state index in [9.17, 15) is 14.7 Å². The summed E-state index contributed by atoms with van der Waals surface area (Å²) in [6.45, 7) is 7.17. The minimum absolute atomic E-state index is 0.0121. The minimum atomic E-state index is -0.714. The molecule has 1 atom stereocenters. The number of carbonyl (C=O) groups excluding carboxylic acids is 2. The maximum Gasteiger partial charge on any atom is 0.295 e. The molecule has 1 fully saturated rings. The summed E-state index contributed by atoms with van der Waals surface area (Å²) in [6, 6.07) is 9.84. The Morgan fingerprint density at radius 2 is 1.72 bits per heavy atom. The molecule has 29 heavy (non-hydrogen) atoms. The maximum atomic E-state index is 13.2. The van der Waals surface area contributed by atoms with Crippen molar-refractivity contribution in [3.05, 3.63) is 70.0 Å². The maximum absolute atomic E-state index is 13.2. The number of nitrogens with zero attached hydrogens (tertiary/aromatic N) is 2. The summed E-state index contributed by atoms with van der Waals surface area (Å²) < 4.78 is 0.887. The standard InChI is InChI=1S/C22H24BrN3O3/c1-3-25(4-2)13-14-26-19(15-5-7-17(23)8-6-15)18(21(28)22(26)29)20(27)16-9-11-24-12-10-16/h5-12,19,27H,3-4,13-14H2,1-2H3. The quantitative estimate of drug-likeness (QED) is 0.382. The highest BCUT2D eigenvalue weighted by atomic mass is 79.9. The van der Waals surface area contributed by atoms with Crippen LogP contribution >= 0.6 is 15.9 Å². The highest BCUT2D eigenvalue weighted by Gasteiger charge is 2.44. The zero-order valence-corrected chi connectivity index (χ0v) is 18.1. The normalized spacial score (nSPS) is 18.6.